The molecule has 0 aliphatic heterocycles. The van der Waals surface area contributed by atoms with Crippen molar-refractivity contribution in [2.45, 2.75) is 26.2 Å². The molecule has 0 unspecified atom stereocenters. The van der Waals surface area contributed by atoms with Gasteiger partial charge in [-0.2, -0.15) is 0 Å². The standard InChI is InChI=1S/C12H15FN2O2/c1-8-6-11(14-5-4-9-2-3-9)12(15(16)17)7-10(8)13/h6-7,9,14H,2-5H2,1H3. The zero-order valence-electron chi connectivity index (χ0n) is 9.70. The predicted octanol–water partition coefficient (Wildman–Crippen LogP) is 3.25. The van der Waals surface area contributed by atoms with Crippen LogP contribution in [0.1, 0.15) is 24.8 Å². The molecule has 1 saturated carbocycles. The highest BCUT2D eigenvalue weighted by molar-refractivity contribution is 5.63. The van der Waals surface area contributed by atoms with Gasteiger partial charge < -0.3 is 5.32 Å². The molecule has 1 fully saturated rings. The van der Waals surface area contributed by atoms with Crippen molar-refractivity contribution in [1.82, 2.24) is 0 Å². The summed E-state index contributed by atoms with van der Waals surface area (Å²) in [5, 5.41) is 13.8. The van der Waals surface area contributed by atoms with E-state index >= 15 is 0 Å². The molecule has 2 rings (SSSR count). The number of aryl methyl sites for hydroxylation is 1. The van der Waals surface area contributed by atoms with E-state index in [1.54, 1.807) is 6.92 Å². The Morgan fingerprint density at radius 3 is 2.82 bits per heavy atom. The van der Waals surface area contributed by atoms with E-state index in [9.17, 15) is 14.5 Å². The predicted molar refractivity (Wildman–Crippen MR) is 63.6 cm³/mol. The second-order valence-corrected chi connectivity index (χ2v) is 4.53. The highest BCUT2D eigenvalue weighted by Gasteiger charge is 2.21. The van der Waals surface area contributed by atoms with Crippen LogP contribution >= 0.6 is 0 Å². The third-order valence-corrected chi connectivity index (χ3v) is 3.04. The SMILES string of the molecule is Cc1cc(NCCC2CC2)c([N+](=O)[O-])cc1F. The number of nitrogens with zero attached hydrogens (tertiary/aromatic N) is 1. The molecule has 1 aromatic carbocycles. The largest absolute Gasteiger partial charge is 0.379 e. The van der Waals surface area contributed by atoms with Crippen molar-refractivity contribution < 1.29 is 9.31 Å². The first-order valence-electron chi connectivity index (χ1n) is 5.76. The van der Waals surface area contributed by atoms with Crippen molar-refractivity contribution in [3.05, 3.63) is 33.6 Å². The van der Waals surface area contributed by atoms with Crippen LogP contribution in [-0.2, 0) is 0 Å². The quantitative estimate of drug-likeness (QED) is 0.632. The summed E-state index contributed by atoms with van der Waals surface area (Å²) in [4.78, 5) is 10.2. The van der Waals surface area contributed by atoms with Crippen molar-refractivity contribution >= 4 is 11.4 Å². The van der Waals surface area contributed by atoms with E-state index in [4.69, 9.17) is 0 Å². The van der Waals surface area contributed by atoms with Gasteiger partial charge in [0, 0.05) is 6.54 Å². The minimum atomic E-state index is -0.554. The van der Waals surface area contributed by atoms with Crippen LogP contribution in [-0.4, -0.2) is 11.5 Å². The highest BCUT2D eigenvalue weighted by Crippen LogP contribution is 2.33. The lowest BCUT2D eigenvalue weighted by molar-refractivity contribution is -0.384. The van der Waals surface area contributed by atoms with E-state index < -0.39 is 10.7 Å². The van der Waals surface area contributed by atoms with Gasteiger partial charge in [-0.1, -0.05) is 12.8 Å². The van der Waals surface area contributed by atoms with Gasteiger partial charge >= 0.3 is 0 Å². The molecule has 0 saturated heterocycles. The minimum Gasteiger partial charge on any atom is -0.379 e. The molecular formula is C12H15FN2O2. The Balaban J connectivity index is 2.11. The fraction of sp³-hybridized carbons (Fsp3) is 0.500. The molecule has 0 spiro atoms. The fourth-order valence-corrected chi connectivity index (χ4v) is 1.78. The first kappa shape index (κ1) is 11.8. The summed E-state index contributed by atoms with van der Waals surface area (Å²) in [6, 6.07) is 2.48. The van der Waals surface area contributed by atoms with Crippen molar-refractivity contribution in [2.75, 3.05) is 11.9 Å². The summed E-state index contributed by atoms with van der Waals surface area (Å²) in [7, 11) is 0. The number of anilines is 1. The number of nitro benzene ring substituents is 1. The maximum Gasteiger partial charge on any atom is 0.295 e. The fourth-order valence-electron chi connectivity index (χ4n) is 1.78. The van der Waals surface area contributed by atoms with Gasteiger partial charge in [-0.3, -0.25) is 10.1 Å². The molecule has 1 aliphatic rings. The van der Waals surface area contributed by atoms with Gasteiger partial charge in [-0.05, 0) is 30.9 Å². The molecule has 0 amide bonds. The van der Waals surface area contributed by atoms with Gasteiger partial charge in [0.25, 0.3) is 5.69 Å². The third-order valence-electron chi connectivity index (χ3n) is 3.04. The number of benzene rings is 1. The Hall–Kier alpha value is -1.65. The molecule has 5 heteroatoms. The van der Waals surface area contributed by atoms with Gasteiger partial charge in [-0.25, -0.2) is 4.39 Å². The van der Waals surface area contributed by atoms with Crippen LogP contribution in [0, 0.1) is 28.8 Å². The minimum absolute atomic E-state index is 0.191. The lowest BCUT2D eigenvalue weighted by Gasteiger charge is -2.08. The van der Waals surface area contributed by atoms with Crippen LogP contribution in [0.3, 0.4) is 0 Å². The zero-order chi connectivity index (χ0) is 12.4. The van der Waals surface area contributed by atoms with Crippen molar-refractivity contribution in [3.63, 3.8) is 0 Å². The van der Waals surface area contributed by atoms with Crippen LogP contribution in [0.2, 0.25) is 0 Å². The third kappa shape index (κ3) is 2.93. The average Bonchev–Trinajstić information content (AvgIpc) is 3.06. The molecule has 1 aromatic rings. The van der Waals surface area contributed by atoms with E-state index in [-0.39, 0.29) is 5.69 Å². The summed E-state index contributed by atoms with van der Waals surface area (Å²) >= 11 is 0. The average molecular weight is 238 g/mol. The summed E-state index contributed by atoms with van der Waals surface area (Å²) in [5.74, 6) is 0.229. The van der Waals surface area contributed by atoms with Crippen LogP contribution in [0.25, 0.3) is 0 Å². The second kappa shape index (κ2) is 4.69. The lowest BCUT2D eigenvalue weighted by Crippen LogP contribution is -2.06. The number of hydrogen-bond acceptors (Lipinski definition) is 3. The van der Waals surface area contributed by atoms with Gasteiger partial charge in [0.1, 0.15) is 11.5 Å². The van der Waals surface area contributed by atoms with Crippen LogP contribution in [0.4, 0.5) is 15.8 Å². The molecule has 0 radical (unpaired) electrons. The summed E-state index contributed by atoms with van der Waals surface area (Å²) in [6.07, 6.45) is 3.53. The molecule has 0 aromatic heterocycles. The number of hydrogen-bond donors (Lipinski definition) is 1. The Bertz CT molecular complexity index is 444. The highest BCUT2D eigenvalue weighted by atomic mass is 19.1. The summed E-state index contributed by atoms with van der Waals surface area (Å²) in [5.41, 5.74) is 0.642. The van der Waals surface area contributed by atoms with Gasteiger partial charge in [-0.15, -0.1) is 0 Å². The van der Waals surface area contributed by atoms with E-state index in [0.29, 0.717) is 17.8 Å². The first-order chi connectivity index (χ1) is 8.08. The molecule has 4 nitrogen and oxygen atoms in total. The number of rotatable bonds is 5. The molecule has 0 bridgehead atoms. The molecule has 1 aliphatic carbocycles. The first-order valence-corrected chi connectivity index (χ1v) is 5.76. The van der Waals surface area contributed by atoms with Crippen molar-refractivity contribution in [2.24, 2.45) is 5.92 Å². The maximum atomic E-state index is 13.2. The number of halogens is 1. The molecule has 0 heterocycles. The van der Waals surface area contributed by atoms with E-state index in [2.05, 4.69) is 5.32 Å². The molecule has 17 heavy (non-hydrogen) atoms. The Labute approximate surface area is 99.0 Å². The number of nitro groups is 1. The van der Waals surface area contributed by atoms with Crippen LogP contribution in [0.5, 0.6) is 0 Å². The number of nitrogens with one attached hydrogen (secondary N) is 1. The Kier molecular flexibility index (Phi) is 3.26. The van der Waals surface area contributed by atoms with Crippen molar-refractivity contribution in [1.29, 1.82) is 0 Å². The molecule has 1 N–H and O–H groups in total. The van der Waals surface area contributed by atoms with Gasteiger partial charge in [0.15, 0.2) is 0 Å². The van der Waals surface area contributed by atoms with Gasteiger partial charge in [0.2, 0.25) is 0 Å². The zero-order valence-corrected chi connectivity index (χ0v) is 9.70. The smallest absolute Gasteiger partial charge is 0.295 e. The summed E-state index contributed by atoms with van der Waals surface area (Å²) < 4.78 is 13.2. The maximum absolute atomic E-state index is 13.2. The Morgan fingerprint density at radius 1 is 1.53 bits per heavy atom. The monoisotopic (exact) mass is 238 g/mol. The van der Waals surface area contributed by atoms with E-state index in [0.717, 1.165) is 18.4 Å². The lowest BCUT2D eigenvalue weighted by atomic mass is 10.1. The van der Waals surface area contributed by atoms with Crippen molar-refractivity contribution in [3.8, 4) is 0 Å². The van der Waals surface area contributed by atoms with Crippen LogP contribution in [0.15, 0.2) is 12.1 Å². The molecule has 0 atom stereocenters. The normalized spacial score (nSPS) is 14.7. The topological polar surface area (TPSA) is 55.2 Å². The summed E-state index contributed by atoms with van der Waals surface area (Å²) in [6.45, 7) is 2.31. The molecular weight excluding hydrogens is 223 g/mol. The van der Waals surface area contributed by atoms with E-state index in [1.165, 1.54) is 18.9 Å². The molecule has 92 valence electrons. The van der Waals surface area contributed by atoms with E-state index in [1.807, 2.05) is 0 Å². The Morgan fingerprint density at radius 2 is 2.24 bits per heavy atom. The van der Waals surface area contributed by atoms with Gasteiger partial charge in [0.05, 0.1) is 11.0 Å². The second-order valence-electron chi connectivity index (χ2n) is 4.53. The van der Waals surface area contributed by atoms with Crippen LogP contribution < -0.4 is 5.32 Å².